The van der Waals surface area contributed by atoms with Gasteiger partial charge in [-0.2, -0.15) is 0 Å². The molecule has 0 aliphatic carbocycles. The van der Waals surface area contributed by atoms with Crippen molar-refractivity contribution in [3.05, 3.63) is 59.2 Å². The fraction of sp³-hybridized carbons (Fsp3) is 0.125. The predicted octanol–water partition coefficient (Wildman–Crippen LogP) is 1.72. The monoisotopic (exact) mass is 347 g/mol. The third-order valence-electron chi connectivity index (χ3n) is 3.30. The van der Waals surface area contributed by atoms with Gasteiger partial charge in [0.25, 0.3) is 5.91 Å². The van der Waals surface area contributed by atoms with E-state index in [1.54, 1.807) is 25.1 Å². The Balaban J connectivity index is 2.19. The molecule has 0 unspecified atom stereocenters. The van der Waals surface area contributed by atoms with Crippen LogP contribution >= 0.6 is 0 Å². The Morgan fingerprint density at radius 3 is 2.21 bits per heavy atom. The highest BCUT2D eigenvalue weighted by Gasteiger charge is 2.12. The predicted molar refractivity (Wildman–Crippen MR) is 92.6 cm³/mol. The molecule has 0 heterocycles. The smallest absolute Gasteiger partial charge is 0.255 e. The molecule has 24 heavy (non-hydrogen) atoms. The first kappa shape index (κ1) is 17.5. The van der Waals surface area contributed by atoms with E-state index >= 15 is 0 Å². The summed E-state index contributed by atoms with van der Waals surface area (Å²) in [5, 5.41) is 2.70. The first-order valence-electron chi connectivity index (χ1n) is 6.96. The van der Waals surface area contributed by atoms with Gasteiger partial charge in [0.15, 0.2) is 0 Å². The van der Waals surface area contributed by atoms with Crippen LogP contribution < -0.4 is 15.8 Å². The van der Waals surface area contributed by atoms with Crippen LogP contribution in [0.15, 0.2) is 42.5 Å². The molecule has 2 amide bonds. The molecule has 0 atom stereocenters. The molecule has 2 aromatic rings. The van der Waals surface area contributed by atoms with Crippen molar-refractivity contribution in [1.82, 2.24) is 0 Å². The zero-order valence-electron chi connectivity index (χ0n) is 13.2. The van der Waals surface area contributed by atoms with Crippen LogP contribution in [0.5, 0.6) is 0 Å². The molecule has 0 saturated carbocycles. The molecule has 0 spiro atoms. The lowest BCUT2D eigenvalue weighted by Gasteiger charge is -2.11. The summed E-state index contributed by atoms with van der Waals surface area (Å²) in [4.78, 5) is 23.6. The van der Waals surface area contributed by atoms with E-state index < -0.39 is 15.9 Å². The number of hydrogen-bond donors (Lipinski definition) is 3. The highest BCUT2D eigenvalue weighted by Crippen LogP contribution is 2.20. The Morgan fingerprint density at radius 2 is 1.67 bits per heavy atom. The SMILES string of the molecule is Cc1c(NC(=O)c2ccc(NS(C)(=O)=O)cc2)cccc1C(N)=O. The number of hydrogen-bond acceptors (Lipinski definition) is 4. The quantitative estimate of drug-likeness (QED) is 0.763. The summed E-state index contributed by atoms with van der Waals surface area (Å²) in [7, 11) is -3.37. The van der Waals surface area contributed by atoms with Gasteiger partial charge in [-0.1, -0.05) is 6.07 Å². The van der Waals surface area contributed by atoms with Crippen LogP contribution in [0.1, 0.15) is 26.3 Å². The highest BCUT2D eigenvalue weighted by atomic mass is 32.2. The Morgan fingerprint density at radius 1 is 1.04 bits per heavy atom. The summed E-state index contributed by atoms with van der Waals surface area (Å²) in [6.45, 7) is 1.69. The Hall–Kier alpha value is -2.87. The average Bonchev–Trinajstić information content (AvgIpc) is 2.48. The number of benzene rings is 2. The van der Waals surface area contributed by atoms with Gasteiger partial charge in [-0.15, -0.1) is 0 Å². The van der Waals surface area contributed by atoms with E-state index in [-0.39, 0.29) is 5.91 Å². The number of anilines is 2. The molecule has 4 N–H and O–H groups in total. The van der Waals surface area contributed by atoms with E-state index in [0.717, 1.165) is 6.26 Å². The van der Waals surface area contributed by atoms with Gasteiger partial charge >= 0.3 is 0 Å². The molecule has 0 radical (unpaired) electrons. The molecule has 126 valence electrons. The molecule has 0 aliphatic rings. The molecular weight excluding hydrogens is 330 g/mol. The summed E-state index contributed by atoms with van der Waals surface area (Å²) in [5.74, 6) is -0.953. The molecule has 7 nitrogen and oxygen atoms in total. The maximum absolute atomic E-state index is 12.3. The maximum Gasteiger partial charge on any atom is 0.255 e. The zero-order valence-corrected chi connectivity index (χ0v) is 14.0. The van der Waals surface area contributed by atoms with Gasteiger partial charge in [-0.3, -0.25) is 14.3 Å². The standard InChI is InChI=1S/C16H17N3O4S/c1-10-13(15(17)20)4-3-5-14(10)18-16(21)11-6-8-12(9-7-11)19-24(2,22)23/h3-9,19H,1-2H3,(H2,17,20)(H,18,21). The summed E-state index contributed by atoms with van der Waals surface area (Å²) < 4.78 is 24.6. The van der Waals surface area contributed by atoms with E-state index in [1.807, 2.05) is 0 Å². The van der Waals surface area contributed by atoms with Crippen molar-refractivity contribution in [3.63, 3.8) is 0 Å². The molecule has 0 fully saturated rings. The third kappa shape index (κ3) is 4.32. The van der Waals surface area contributed by atoms with Crippen LogP contribution in [0.25, 0.3) is 0 Å². The normalized spacial score (nSPS) is 10.9. The van der Waals surface area contributed by atoms with Crippen LogP contribution in [0.4, 0.5) is 11.4 Å². The lowest BCUT2D eigenvalue weighted by atomic mass is 10.1. The minimum Gasteiger partial charge on any atom is -0.366 e. The summed E-state index contributed by atoms with van der Waals surface area (Å²) >= 11 is 0. The van der Waals surface area contributed by atoms with Crippen LogP contribution in [0.3, 0.4) is 0 Å². The van der Waals surface area contributed by atoms with Crippen molar-refractivity contribution in [3.8, 4) is 0 Å². The molecule has 0 saturated heterocycles. The molecular formula is C16H17N3O4S. The molecule has 0 aromatic heterocycles. The molecule has 0 aliphatic heterocycles. The van der Waals surface area contributed by atoms with Gasteiger partial charge in [0.1, 0.15) is 0 Å². The van der Waals surface area contributed by atoms with E-state index in [4.69, 9.17) is 5.73 Å². The number of primary amides is 1. The largest absolute Gasteiger partial charge is 0.366 e. The number of carbonyl (C=O) groups excluding carboxylic acids is 2. The topological polar surface area (TPSA) is 118 Å². The van der Waals surface area contributed by atoms with Gasteiger partial charge < -0.3 is 11.1 Å². The van der Waals surface area contributed by atoms with E-state index in [2.05, 4.69) is 10.0 Å². The van der Waals surface area contributed by atoms with Gasteiger partial charge in [0, 0.05) is 22.5 Å². The molecule has 8 heteroatoms. The van der Waals surface area contributed by atoms with E-state index in [1.165, 1.54) is 24.3 Å². The Kier molecular flexibility index (Phi) is 4.89. The van der Waals surface area contributed by atoms with Crippen LogP contribution in [-0.2, 0) is 10.0 Å². The summed E-state index contributed by atoms with van der Waals surface area (Å²) in [6, 6.07) is 10.8. The molecule has 2 aromatic carbocycles. The van der Waals surface area contributed by atoms with E-state index in [0.29, 0.717) is 28.1 Å². The number of rotatable bonds is 5. The van der Waals surface area contributed by atoms with E-state index in [9.17, 15) is 18.0 Å². The van der Waals surface area contributed by atoms with Crippen molar-refractivity contribution in [2.45, 2.75) is 6.92 Å². The average molecular weight is 347 g/mol. The van der Waals surface area contributed by atoms with Crippen LogP contribution in [-0.4, -0.2) is 26.5 Å². The van der Waals surface area contributed by atoms with Gasteiger partial charge in [0.2, 0.25) is 15.9 Å². The number of amides is 2. The molecule has 2 rings (SSSR count). The second kappa shape index (κ2) is 6.71. The lowest BCUT2D eigenvalue weighted by Crippen LogP contribution is -2.17. The minimum atomic E-state index is -3.37. The van der Waals surface area contributed by atoms with Crippen LogP contribution in [0, 0.1) is 6.92 Å². The number of sulfonamides is 1. The van der Waals surface area contributed by atoms with Crippen molar-refractivity contribution < 1.29 is 18.0 Å². The third-order valence-corrected chi connectivity index (χ3v) is 3.90. The van der Waals surface area contributed by atoms with Gasteiger partial charge in [-0.05, 0) is 48.9 Å². The first-order valence-corrected chi connectivity index (χ1v) is 8.85. The molecule has 0 bridgehead atoms. The van der Waals surface area contributed by atoms with Crippen molar-refractivity contribution in [1.29, 1.82) is 0 Å². The van der Waals surface area contributed by atoms with Crippen LogP contribution in [0.2, 0.25) is 0 Å². The second-order valence-electron chi connectivity index (χ2n) is 5.25. The van der Waals surface area contributed by atoms with Crippen molar-refractivity contribution in [2.75, 3.05) is 16.3 Å². The second-order valence-corrected chi connectivity index (χ2v) is 7.00. The van der Waals surface area contributed by atoms with Gasteiger partial charge in [0.05, 0.1) is 6.26 Å². The Bertz CT molecular complexity index is 890. The van der Waals surface area contributed by atoms with Gasteiger partial charge in [-0.25, -0.2) is 8.42 Å². The fourth-order valence-electron chi connectivity index (χ4n) is 2.14. The number of carbonyl (C=O) groups is 2. The number of nitrogens with two attached hydrogens (primary N) is 1. The Labute approximate surface area is 139 Å². The number of nitrogens with one attached hydrogen (secondary N) is 2. The van der Waals surface area contributed by atoms with Crippen molar-refractivity contribution in [2.24, 2.45) is 5.73 Å². The fourth-order valence-corrected chi connectivity index (χ4v) is 2.70. The van der Waals surface area contributed by atoms with Crippen molar-refractivity contribution >= 4 is 33.2 Å². The zero-order chi connectivity index (χ0) is 17.9. The highest BCUT2D eigenvalue weighted by molar-refractivity contribution is 7.92. The first-order chi connectivity index (χ1) is 11.2. The minimum absolute atomic E-state index is 0.334. The summed E-state index contributed by atoms with van der Waals surface area (Å²) in [6.07, 6.45) is 1.04. The summed E-state index contributed by atoms with van der Waals surface area (Å²) in [5.41, 5.74) is 7.38. The lowest BCUT2D eigenvalue weighted by molar-refractivity contribution is 0.0995. The maximum atomic E-state index is 12.3.